The topological polar surface area (TPSA) is 115 Å². The molecule has 1 fully saturated rings. The third kappa shape index (κ3) is 4.55. The van der Waals surface area contributed by atoms with E-state index in [1.54, 1.807) is 30.9 Å². The molecule has 1 aliphatic rings. The fourth-order valence-corrected chi connectivity index (χ4v) is 5.18. The fraction of sp³-hybridized carbons (Fsp3) is 0.167. The molecule has 5 aromatic heterocycles. The van der Waals surface area contributed by atoms with Gasteiger partial charge in [0.05, 0.1) is 52.6 Å². The number of aromatic amines is 2. The molecule has 0 aliphatic carbocycles. The number of hydrogen-bond donors (Lipinski definition) is 3. The van der Waals surface area contributed by atoms with E-state index in [1.807, 2.05) is 36.5 Å². The van der Waals surface area contributed by atoms with E-state index in [0.717, 1.165) is 48.5 Å². The van der Waals surface area contributed by atoms with Crippen LogP contribution in [0.4, 0.5) is 15.8 Å². The number of likely N-dealkylation sites (N-methyl/N-ethyl adjacent to an activating group) is 1. The molecule has 6 aromatic rings. The molecule has 11 heteroatoms. The van der Waals surface area contributed by atoms with Gasteiger partial charge in [0.15, 0.2) is 11.6 Å². The highest BCUT2D eigenvalue weighted by molar-refractivity contribution is 5.97. The lowest BCUT2D eigenvalue weighted by atomic mass is 10.1. The second kappa shape index (κ2) is 10.1. The predicted octanol–water partition coefficient (Wildman–Crippen LogP) is 4.93. The van der Waals surface area contributed by atoms with E-state index in [4.69, 9.17) is 4.98 Å². The first kappa shape index (κ1) is 24.9. The molecule has 41 heavy (non-hydrogen) atoms. The Hall–Kier alpha value is -5.16. The highest BCUT2D eigenvalue weighted by atomic mass is 19.1. The SMILES string of the molecule is C=C(Nc1cncc(-c2ncc3[nH]nc(-c4nc5c(N6CCN(C)CC6)cncc5[nH]4)c3c2F)c1)c1ccccc1. The molecule has 0 bridgehead atoms. The number of H-pyrrole nitrogens is 2. The molecule has 204 valence electrons. The largest absolute Gasteiger partial charge is 0.366 e. The average molecular weight is 547 g/mol. The van der Waals surface area contributed by atoms with Gasteiger partial charge < -0.3 is 20.1 Å². The summed E-state index contributed by atoms with van der Waals surface area (Å²) in [4.78, 5) is 25.9. The summed E-state index contributed by atoms with van der Waals surface area (Å²) in [7, 11) is 2.12. The summed E-state index contributed by atoms with van der Waals surface area (Å²) in [6, 6.07) is 11.6. The Bertz CT molecular complexity index is 1890. The Morgan fingerprint density at radius 3 is 2.59 bits per heavy atom. The van der Waals surface area contributed by atoms with Crippen LogP contribution in [-0.2, 0) is 0 Å². The standard InChI is InChI=1S/C30H27FN10/c1-18(19-6-4-3-5-7-19)35-21-12-20(13-32-14-21)27-26(31)25-22(16-34-27)38-39-29(25)30-36-23-15-33-17-24(28(23)37-30)41-10-8-40(2)9-11-41/h3-7,12-17,35H,1,8-11H2,2H3,(H,36,37)(H,38,39). The minimum absolute atomic E-state index is 0.164. The highest BCUT2D eigenvalue weighted by Gasteiger charge is 2.23. The molecular weight excluding hydrogens is 519 g/mol. The number of nitrogens with one attached hydrogen (secondary N) is 3. The molecule has 0 amide bonds. The van der Waals surface area contributed by atoms with E-state index < -0.39 is 5.82 Å². The van der Waals surface area contributed by atoms with Gasteiger partial charge in [-0.15, -0.1) is 0 Å². The Morgan fingerprint density at radius 1 is 0.951 bits per heavy atom. The van der Waals surface area contributed by atoms with Crippen molar-refractivity contribution >= 4 is 39.0 Å². The maximum atomic E-state index is 16.2. The van der Waals surface area contributed by atoms with Crippen molar-refractivity contribution in [1.82, 2.24) is 40.0 Å². The summed E-state index contributed by atoms with van der Waals surface area (Å²) in [5, 5.41) is 10.9. The smallest absolute Gasteiger partial charge is 0.161 e. The number of aromatic nitrogens is 7. The van der Waals surface area contributed by atoms with E-state index in [0.29, 0.717) is 39.4 Å². The van der Waals surface area contributed by atoms with Crippen LogP contribution in [0.5, 0.6) is 0 Å². The van der Waals surface area contributed by atoms with E-state index in [1.165, 1.54) is 0 Å². The van der Waals surface area contributed by atoms with Crippen molar-refractivity contribution < 1.29 is 4.39 Å². The summed E-state index contributed by atoms with van der Waals surface area (Å²) in [5.41, 5.74) is 6.37. The zero-order chi connectivity index (χ0) is 27.9. The van der Waals surface area contributed by atoms with E-state index in [9.17, 15) is 0 Å². The zero-order valence-electron chi connectivity index (χ0n) is 22.4. The van der Waals surface area contributed by atoms with Gasteiger partial charge in [-0.2, -0.15) is 5.10 Å². The minimum atomic E-state index is -0.509. The van der Waals surface area contributed by atoms with Crippen LogP contribution in [0.3, 0.4) is 0 Å². The summed E-state index contributed by atoms with van der Waals surface area (Å²) < 4.78 is 16.2. The average Bonchev–Trinajstić information content (AvgIpc) is 3.63. The number of piperazine rings is 1. The molecule has 1 aromatic carbocycles. The predicted molar refractivity (Wildman–Crippen MR) is 159 cm³/mol. The third-order valence-electron chi connectivity index (χ3n) is 7.42. The minimum Gasteiger partial charge on any atom is -0.366 e. The summed E-state index contributed by atoms with van der Waals surface area (Å²) in [6.07, 6.45) is 8.40. The maximum absolute atomic E-state index is 16.2. The molecule has 6 heterocycles. The second-order valence-electron chi connectivity index (χ2n) is 10.1. The van der Waals surface area contributed by atoms with Crippen LogP contribution in [0.15, 0.2) is 74.0 Å². The molecule has 7 rings (SSSR count). The molecule has 0 radical (unpaired) electrons. The van der Waals surface area contributed by atoms with Crippen molar-refractivity contribution in [3.05, 3.63) is 85.3 Å². The van der Waals surface area contributed by atoms with Crippen LogP contribution >= 0.6 is 0 Å². The molecule has 1 saturated heterocycles. The Morgan fingerprint density at radius 2 is 1.76 bits per heavy atom. The van der Waals surface area contributed by atoms with Gasteiger partial charge in [-0.3, -0.25) is 20.1 Å². The van der Waals surface area contributed by atoms with E-state index in [2.05, 4.69) is 58.9 Å². The van der Waals surface area contributed by atoms with Crippen LogP contribution in [0, 0.1) is 5.82 Å². The summed E-state index contributed by atoms with van der Waals surface area (Å²) in [5.74, 6) is -0.0525. The first-order valence-electron chi connectivity index (χ1n) is 13.3. The van der Waals surface area contributed by atoms with Gasteiger partial charge in [-0.1, -0.05) is 36.9 Å². The van der Waals surface area contributed by atoms with Crippen LogP contribution in [0.2, 0.25) is 0 Å². The molecule has 0 unspecified atom stereocenters. The van der Waals surface area contributed by atoms with Crippen molar-refractivity contribution in [3.8, 4) is 22.8 Å². The maximum Gasteiger partial charge on any atom is 0.161 e. The third-order valence-corrected chi connectivity index (χ3v) is 7.42. The van der Waals surface area contributed by atoms with Gasteiger partial charge in [0.1, 0.15) is 16.9 Å². The van der Waals surface area contributed by atoms with E-state index in [-0.39, 0.29) is 5.69 Å². The number of anilines is 2. The monoisotopic (exact) mass is 546 g/mol. The van der Waals surface area contributed by atoms with Crippen LogP contribution in [-0.4, -0.2) is 73.2 Å². The number of rotatable bonds is 6. The van der Waals surface area contributed by atoms with Gasteiger partial charge in [0.2, 0.25) is 0 Å². The number of halogens is 1. The Balaban J connectivity index is 1.25. The number of fused-ring (bicyclic) bond motifs is 2. The van der Waals surface area contributed by atoms with E-state index >= 15 is 4.39 Å². The first-order valence-corrected chi connectivity index (χ1v) is 13.3. The molecule has 0 atom stereocenters. The fourth-order valence-electron chi connectivity index (χ4n) is 5.18. The zero-order valence-corrected chi connectivity index (χ0v) is 22.4. The van der Waals surface area contributed by atoms with Crippen LogP contribution < -0.4 is 10.2 Å². The number of imidazole rings is 1. The number of hydrogen-bond acceptors (Lipinski definition) is 8. The van der Waals surface area contributed by atoms with Gasteiger partial charge in [-0.05, 0) is 18.7 Å². The molecule has 0 saturated carbocycles. The molecule has 0 spiro atoms. The van der Waals surface area contributed by atoms with Gasteiger partial charge in [0.25, 0.3) is 0 Å². The summed E-state index contributed by atoms with van der Waals surface area (Å²) in [6.45, 7) is 7.81. The lowest BCUT2D eigenvalue weighted by Gasteiger charge is -2.33. The van der Waals surface area contributed by atoms with Crippen LogP contribution in [0.25, 0.3) is 50.4 Å². The van der Waals surface area contributed by atoms with Crippen molar-refractivity contribution in [3.63, 3.8) is 0 Å². The second-order valence-corrected chi connectivity index (χ2v) is 10.1. The van der Waals surface area contributed by atoms with Gasteiger partial charge in [0, 0.05) is 43.6 Å². The van der Waals surface area contributed by atoms with Crippen molar-refractivity contribution in [2.75, 3.05) is 43.4 Å². The highest BCUT2D eigenvalue weighted by Crippen LogP contribution is 2.34. The van der Waals surface area contributed by atoms with Crippen molar-refractivity contribution in [2.24, 2.45) is 0 Å². The lowest BCUT2D eigenvalue weighted by molar-refractivity contribution is 0.313. The summed E-state index contributed by atoms with van der Waals surface area (Å²) >= 11 is 0. The van der Waals surface area contributed by atoms with Gasteiger partial charge >= 0.3 is 0 Å². The number of nitrogens with zero attached hydrogens (tertiary/aromatic N) is 7. The van der Waals surface area contributed by atoms with Crippen molar-refractivity contribution in [1.29, 1.82) is 0 Å². The Kier molecular flexibility index (Phi) is 6.12. The molecule has 10 nitrogen and oxygen atoms in total. The Labute approximate surface area is 235 Å². The molecular formula is C30H27FN10. The van der Waals surface area contributed by atoms with Gasteiger partial charge in [-0.25, -0.2) is 9.37 Å². The molecule has 3 N–H and O–H groups in total. The molecule has 1 aliphatic heterocycles. The quantitative estimate of drug-likeness (QED) is 0.269. The number of benzene rings is 1. The number of pyridine rings is 3. The lowest BCUT2D eigenvalue weighted by Crippen LogP contribution is -2.44. The normalized spacial score (nSPS) is 14.1. The first-order chi connectivity index (χ1) is 20.0. The van der Waals surface area contributed by atoms with Crippen LogP contribution in [0.1, 0.15) is 5.56 Å². The van der Waals surface area contributed by atoms with Crippen molar-refractivity contribution in [2.45, 2.75) is 0 Å².